The van der Waals surface area contributed by atoms with Gasteiger partial charge >= 0.3 is 0 Å². The number of hydrogen-bond donors (Lipinski definition) is 4. The summed E-state index contributed by atoms with van der Waals surface area (Å²) >= 11 is 0. The van der Waals surface area contributed by atoms with Crippen molar-refractivity contribution in [2.75, 3.05) is 31.3 Å². The molecular formula is C22H26N8O3. The molecule has 2 aromatic heterocycles. The van der Waals surface area contributed by atoms with Gasteiger partial charge in [-0.2, -0.15) is 4.98 Å². The highest BCUT2D eigenvalue weighted by Gasteiger charge is 2.24. The first-order chi connectivity index (χ1) is 15.9. The number of likely N-dealkylation sites (N-methyl/N-ethyl adjacent to an activating group) is 1. The number of carbonyl (C=O) groups excluding carboxylic acids is 1. The lowest BCUT2D eigenvalue weighted by molar-refractivity contribution is 0.0995. The van der Waals surface area contributed by atoms with Gasteiger partial charge in [0.25, 0.3) is 5.91 Å². The molecule has 0 fully saturated rings. The molecule has 0 aliphatic carbocycles. The van der Waals surface area contributed by atoms with Crippen molar-refractivity contribution in [3.05, 3.63) is 52.8 Å². The number of aliphatic hydroxyl groups is 1. The molecule has 4 rings (SSSR count). The number of pyridine rings is 1. The molecule has 1 aliphatic rings. The van der Waals surface area contributed by atoms with Gasteiger partial charge in [0.05, 0.1) is 19.4 Å². The van der Waals surface area contributed by atoms with Gasteiger partial charge in [-0.1, -0.05) is 6.07 Å². The average molecular weight is 451 g/mol. The number of hydrogen-bond acceptors (Lipinski definition) is 10. The van der Waals surface area contributed by atoms with Crippen LogP contribution in [-0.4, -0.2) is 56.8 Å². The third-order valence-electron chi connectivity index (χ3n) is 5.77. The molecule has 1 atom stereocenters. The number of amides is 1. The monoisotopic (exact) mass is 450 g/mol. The number of carbonyl (C=O) groups is 1. The standard InChI is InChI=1S/C22H26N8O3/c1-12-15-10-16(17(33-3)9-13(15)6-8-30(12)2)25-22-27-21(18(19(23)32)28-29-22)26-20-14(11-31)5-4-7-24-20/h4-5,7,9-10,12,31H,6,8,11H2,1-3H3,(H2,23,32)(H2,24,25,26,27,29). The Kier molecular flexibility index (Phi) is 6.33. The summed E-state index contributed by atoms with van der Waals surface area (Å²) in [5, 5.41) is 23.6. The maximum Gasteiger partial charge on any atom is 0.273 e. The first-order valence-corrected chi connectivity index (χ1v) is 10.5. The van der Waals surface area contributed by atoms with Crippen molar-refractivity contribution in [1.82, 2.24) is 25.1 Å². The summed E-state index contributed by atoms with van der Waals surface area (Å²) < 4.78 is 5.58. The van der Waals surface area contributed by atoms with E-state index in [0.29, 0.717) is 22.8 Å². The van der Waals surface area contributed by atoms with Gasteiger partial charge in [-0.05, 0) is 49.7 Å². The number of nitrogens with zero attached hydrogens (tertiary/aromatic N) is 5. The summed E-state index contributed by atoms with van der Waals surface area (Å²) in [4.78, 5) is 22.8. The van der Waals surface area contributed by atoms with Gasteiger partial charge in [0.15, 0.2) is 11.5 Å². The van der Waals surface area contributed by atoms with E-state index < -0.39 is 5.91 Å². The molecule has 5 N–H and O–H groups in total. The highest BCUT2D eigenvalue weighted by molar-refractivity contribution is 5.96. The van der Waals surface area contributed by atoms with Gasteiger partial charge < -0.3 is 26.2 Å². The molecule has 11 heteroatoms. The summed E-state index contributed by atoms with van der Waals surface area (Å²) in [6.45, 7) is 2.89. The Morgan fingerprint density at radius 3 is 2.85 bits per heavy atom. The Morgan fingerprint density at radius 2 is 2.12 bits per heavy atom. The zero-order valence-electron chi connectivity index (χ0n) is 18.7. The maximum absolute atomic E-state index is 11.9. The number of fused-ring (bicyclic) bond motifs is 1. The lowest BCUT2D eigenvalue weighted by Gasteiger charge is -2.32. The summed E-state index contributed by atoms with van der Waals surface area (Å²) in [7, 11) is 3.70. The van der Waals surface area contributed by atoms with Gasteiger partial charge in [-0.3, -0.25) is 9.69 Å². The number of nitrogens with one attached hydrogen (secondary N) is 2. The van der Waals surface area contributed by atoms with E-state index in [-0.39, 0.29) is 30.1 Å². The lowest BCUT2D eigenvalue weighted by Crippen LogP contribution is -2.30. The maximum atomic E-state index is 11.9. The average Bonchev–Trinajstić information content (AvgIpc) is 2.82. The van der Waals surface area contributed by atoms with E-state index in [1.807, 2.05) is 12.1 Å². The Hall–Kier alpha value is -3.83. The molecule has 0 radical (unpaired) electrons. The predicted octanol–water partition coefficient (Wildman–Crippen LogP) is 1.90. The van der Waals surface area contributed by atoms with E-state index in [1.165, 1.54) is 11.1 Å². The molecule has 1 aromatic carbocycles. The number of nitrogens with two attached hydrogens (primary N) is 1. The van der Waals surface area contributed by atoms with Gasteiger partial charge in [0, 0.05) is 24.3 Å². The molecule has 3 aromatic rings. The number of anilines is 4. The summed E-state index contributed by atoms with van der Waals surface area (Å²) in [6, 6.07) is 7.68. The van der Waals surface area contributed by atoms with Crippen molar-refractivity contribution in [1.29, 1.82) is 0 Å². The van der Waals surface area contributed by atoms with E-state index >= 15 is 0 Å². The van der Waals surface area contributed by atoms with Crippen molar-refractivity contribution in [2.24, 2.45) is 5.73 Å². The minimum Gasteiger partial charge on any atom is -0.495 e. The highest BCUT2D eigenvalue weighted by Crippen LogP contribution is 2.37. The van der Waals surface area contributed by atoms with Crippen LogP contribution in [0, 0.1) is 0 Å². The van der Waals surface area contributed by atoms with Crippen molar-refractivity contribution in [3.8, 4) is 5.75 Å². The van der Waals surface area contributed by atoms with E-state index in [0.717, 1.165) is 13.0 Å². The lowest BCUT2D eigenvalue weighted by atomic mass is 9.93. The third-order valence-corrected chi connectivity index (χ3v) is 5.77. The second kappa shape index (κ2) is 9.35. The van der Waals surface area contributed by atoms with Crippen molar-refractivity contribution < 1.29 is 14.6 Å². The Bertz CT molecular complexity index is 1190. The van der Waals surface area contributed by atoms with Crippen LogP contribution in [-0.2, 0) is 13.0 Å². The number of rotatable bonds is 7. The minimum atomic E-state index is -0.797. The Morgan fingerprint density at radius 1 is 1.30 bits per heavy atom. The van der Waals surface area contributed by atoms with E-state index in [9.17, 15) is 9.90 Å². The Labute approximate surface area is 191 Å². The second-order valence-electron chi connectivity index (χ2n) is 7.77. The van der Waals surface area contributed by atoms with Crippen molar-refractivity contribution in [2.45, 2.75) is 26.0 Å². The minimum absolute atomic E-state index is 0.0680. The van der Waals surface area contributed by atoms with Crippen LogP contribution in [0.5, 0.6) is 5.75 Å². The zero-order valence-corrected chi connectivity index (χ0v) is 18.7. The third kappa shape index (κ3) is 4.54. The molecule has 0 saturated heterocycles. The molecule has 11 nitrogen and oxygen atoms in total. The van der Waals surface area contributed by atoms with Crippen LogP contribution >= 0.6 is 0 Å². The van der Waals surface area contributed by atoms with E-state index in [1.54, 1.807) is 25.4 Å². The second-order valence-corrected chi connectivity index (χ2v) is 7.77. The van der Waals surface area contributed by atoms with Crippen LogP contribution in [0.15, 0.2) is 30.5 Å². The molecule has 1 amide bonds. The van der Waals surface area contributed by atoms with E-state index in [4.69, 9.17) is 10.5 Å². The van der Waals surface area contributed by atoms with Crippen LogP contribution in [0.4, 0.5) is 23.3 Å². The number of aliphatic hydroxyl groups excluding tert-OH is 1. The van der Waals surface area contributed by atoms with Gasteiger partial charge in [0.1, 0.15) is 11.6 Å². The molecular weight excluding hydrogens is 424 g/mol. The number of ether oxygens (including phenoxy) is 1. The largest absolute Gasteiger partial charge is 0.495 e. The van der Waals surface area contributed by atoms with E-state index in [2.05, 4.69) is 49.7 Å². The quantitative estimate of drug-likeness (QED) is 0.420. The molecule has 0 bridgehead atoms. The zero-order chi connectivity index (χ0) is 23.5. The van der Waals surface area contributed by atoms with Crippen LogP contribution in [0.1, 0.15) is 40.1 Å². The van der Waals surface area contributed by atoms with Crippen molar-refractivity contribution >= 4 is 29.2 Å². The summed E-state index contributed by atoms with van der Waals surface area (Å²) in [6.07, 6.45) is 2.49. The molecule has 33 heavy (non-hydrogen) atoms. The highest BCUT2D eigenvalue weighted by atomic mass is 16.5. The first-order valence-electron chi connectivity index (χ1n) is 10.5. The summed E-state index contributed by atoms with van der Waals surface area (Å²) in [5.41, 5.74) is 8.93. The molecule has 0 spiro atoms. The predicted molar refractivity (Wildman–Crippen MR) is 123 cm³/mol. The van der Waals surface area contributed by atoms with Crippen LogP contribution in [0.2, 0.25) is 0 Å². The fraction of sp³-hybridized carbons (Fsp3) is 0.318. The SMILES string of the molecule is COc1cc2c(cc1Nc1nnc(C(N)=O)c(Nc3ncccc3CO)n1)C(C)N(C)CC2. The number of aromatic nitrogens is 4. The fourth-order valence-corrected chi connectivity index (χ4v) is 3.78. The molecule has 0 saturated carbocycles. The van der Waals surface area contributed by atoms with Crippen LogP contribution in [0.25, 0.3) is 0 Å². The fourth-order valence-electron chi connectivity index (χ4n) is 3.78. The smallest absolute Gasteiger partial charge is 0.273 e. The van der Waals surface area contributed by atoms with Crippen LogP contribution in [0.3, 0.4) is 0 Å². The Balaban J connectivity index is 1.70. The van der Waals surface area contributed by atoms with Gasteiger partial charge in [-0.25, -0.2) is 4.98 Å². The van der Waals surface area contributed by atoms with Gasteiger partial charge in [-0.15, -0.1) is 10.2 Å². The summed E-state index contributed by atoms with van der Waals surface area (Å²) in [5.74, 6) is 0.387. The van der Waals surface area contributed by atoms with Gasteiger partial charge in [0.2, 0.25) is 5.95 Å². The number of methoxy groups -OCH3 is 1. The molecule has 172 valence electrons. The molecule has 1 aliphatic heterocycles. The first kappa shape index (κ1) is 22.4. The molecule has 3 heterocycles. The number of benzene rings is 1. The topological polar surface area (TPSA) is 151 Å². The van der Waals surface area contributed by atoms with Crippen molar-refractivity contribution in [3.63, 3.8) is 0 Å². The number of primary amides is 1. The normalized spacial score (nSPS) is 15.6. The molecule has 1 unspecified atom stereocenters. The van der Waals surface area contributed by atoms with Crippen LogP contribution < -0.4 is 21.1 Å².